The van der Waals surface area contributed by atoms with Gasteiger partial charge in [0.15, 0.2) is 29.6 Å². The summed E-state index contributed by atoms with van der Waals surface area (Å²) in [6.07, 6.45) is 2.48. The zero-order valence-corrected chi connectivity index (χ0v) is 44.9. The van der Waals surface area contributed by atoms with Gasteiger partial charge in [0.2, 0.25) is 23.5 Å². The molecule has 21 nitrogen and oxygen atoms in total. The highest BCUT2D eigenvalue weighted by atomic mass is 16.6. The largest absolute Gasteiger partial charge is 0.493 e. The fourth-order valence-electron chi connectivity index (χ4n) is 9.75. The molecule has 2 saturated heterocycles. The molecule has 0 aromatic heterocycles. The summed E-state index contributed by atoms with van der Waals surface area (Å²) in [5.74, 6) is -1.23. The summed E-state index contributed by atoms with van der Waals surface area (Å²) in [7, 11) is 7.68. The molecule has 0 saturated carbocycles. The van der Waals surface area contributed by atoms with E-state index in [1.807, 2.05) is 31.2 Å². The van der Waals surface area contributed by atoms with Gasteiger partial charge in [0.25, 0.3) is 17.7 Å². The Bertz CT molecular complexity index is 2780. The highest BCUT2D eigenvalue weighted by Crippen LogP contribution is 2.42. The monoisotopic (exact) mass is 1080 g/mol. The zero-order chi connectivity index (χ0) is 55.7. The van der Waals surface area contributed by atoms with Crippen molar-refractivity contribution in [2.45, 2.75) is 82.4 Å². The first-order valence-electron chi connectivity index (χ1n) is 26.0. The molecule has 7 rings (SSSR count). The Balaban J connectivity index is 0.894. The summed E-state index contributed by atoms with van der Waals surface area (Å²) in [5, 5.41) is 4.95. The molecule has 6 amide bonds. The minimum Gasteiger partial charge on any atom is -0.493 e. The number of imide groups is 2. The minimum absolute atomic E-state index is 0.0154. The van der Waals surface area contributed by atoms with E-state index in [0.717, 1.165) is 23.3 Å². The van der Waals surface area contributed by atoms with Crippen molar-refractivity contribution in [3.8, 4) is 40.2 Å². The Hall–Kier alpha value is -7.91. The number of carbonyl (C=O) groups is 7. The maximum Gasteiger partial charge on any atom is 0.329 e. The van der Waals surface area contributed by atoms with E-state index >= 15 is 0 Å². The molecular weight excluding hydrogens is 1010 g/mol. The van der Waals surface area contributed by atoms with E-state index < -0.39 is 53.7 Å². The van der Waals surface area contributed by atoms with Gasteiger partial charge in [0.05, 0.1) is 79.0 Å². The maximum absolute atomic E-state index is 14.5. The summed E-state index contributed by atoms with van der Waals surface area (Å²) >= 11 is 0. The zero-order valence-electron chi connectivity index (χ0n) is 44.9. The molecule has 4 aromatic rings. The standard InChI is InChI=1S/C57H68N4O17/c1-7-39(37-32-47(71-4)52(73-6)48(33-37)72-5)54(65)60-24-9-8-15-42(60)57(68)78-43(20-17-35-18-21-44(69-2)46(30-35)70-3)36-12-10-13-38(31-36)77-34-50(63)58-23-25-74-26-27-75-28-29-76-45-16-11-14-40-51(45)56(67)61(55(40)66)41-19-22-49(62)59-53(41)64/h10-14,16,18,21,30-33,39,41-43H,7-9,15,17,19-20,22-29,34H2,1-6H3,(H,58,63)(H,59,62,64)/t39-,41?,42-,43+/m0/s1. The van der Waals surface area contributed by atoms with Crippen molar-refractivity contribution in [2.75, 3.05) is 88.3 Å². The van der Waals surface area contributed by atoms with Gasteiger partial charge in [-0.15, -0.1) is 0 Å². The SMILES string of the molecule is CC[C@H](C(=O)N1CCCC[C@H]1C(=O)O[C@H](CCc1ccc(OC)c(OC)c1)c1cccc(OCC(=O)NCCOCCOCCOc2cccc3c2C(=O)N(C2CCC(=O)NC2=O)C3=O)c1)c1cc(OC)c(OC)c(OC)c1. The smallest absolute Gasteiger partial charge is 0.329 e. The van der Waals surface area contributed by atoms with Gasteiger partial charge in [0, 0.05) is 19.5 Å². The molecule has 4 atom stereocenters. The first-order chi connectivity index (χ1) is 37.8. The third-order valence-electron chi connectivity index (χ3n) is 13.7. The van der Waals surface area contributed by atoms with Crippen LogP contribution >= 0.6 is 0 Å². The number of nitrogens with zero attached hydrogens (tertiary/aromatic N) is 2. The van der Waals surface area contributed by atoms with E-state index in [1.54, 1.807) is 61.6 Å². The average molecular weight is 1080 g/mol. The van der Waals surface area contributed by atoms with Crippen molar-refractivity contribution in [1.29, 1.82) is 0 Å². The number of likely N-dealkylation sites (tertiary alicyclic amines) is 1. The Labute approximate surface area is 453 Å². The topological polar surface area (TPSA) is 242 Å². The lowest BCUT2D eigenvalue weighted by Crippen LogP contribution is -2.54. The Morgan fingerprint density at radius 1 is 0.705 bits per heavy atom. The number of hydrogen-bond acceptors (Lipinski definition) is 17. The summed E-state index contributed by atoms with van der Waals surface area (Å²) in [6, 6.07) is 18.9. The number of methoxy groups -OCH3 is 5. The van der Waals surface area contributed by atoms with Crippen molar-refractivity contribution in [2.24, 2.45) is 0 Å². The van der Waals surface area contributed by atoms with E-state index in [-0.39, 0.29) is 87.7 Å². The fourth-order valence-corrected chi connectivity index (χ4v) is 9.75. The van der Waals surface area contributed by atoms with Gasteiger partial charge < -0.3 is 57.6 Å². The van der Waals surface area contributed by atoms with Crippen molar-refractivity contribution in [1.82, 2.24) is 20.4 Å². The quantitative estimate of drug-likeness (QED) is 0.0404. The van der Waals surface area contributed by atoms with Crippen LogP contribution in [0.4, 0.5) is 0 Å². The van der Waals surface area contributed by atoms with Crippen LogP contribution in [0.25, 0.3) is 0 Å². The number of piperidine rings is 2. The molecule has 3 aliphatic heterocycles. The molecule has 0 spiro atoms. The molecule has 4 aromatic carbocycles. The maximum atomic E-state index is 14.5. The second kappa shape index (κ2) is 27.9. The van der Waals surface area contributed by atoms with Crippen LogP contribution in [-0.2, 0) is 44.6 Å². The summed E-state index contributed by atoms with van der Waals surface area (Å²) in [5.41, 5.74) is 2.39. The number of aryl methyl sites for hydroxylation is 1. The number of amides is 6. The molecule has 1 unspecified atom stereocenters. The number of carbonyl (C=O) groups excluding carboxylic acids is 7. The predicted octanol–water partition coefficient (Wildman–Crippen LogP) is 5.53. The van der Waals surface area contributed by atoms with Crippen LogP contribution < -0.4 is 43.8 Å². The second-order valence-electron chi connectivity index (χ2n) is 18.5. The van der Waals surface area contributed by atoms with Crippen LogP contribution in [0.5, 0.6) is 40.2 Å². The highest BCUT2D eigenvalue weighted by molar-refractivity contribution is 6.24. The molecule has 2 N–H and O–H groups in total. The Kier molecular flexibility index (Phi) is 20.7. The van der Waals surface area contributed by atoms with Crippen LogP contribution in [-0.4, -0.2) is 152 Å². The lowest BCUT2D eigenvalue weighted by Gasteiger charge is -2.37. The Morgan fingerprint density at radius 3 is 2.13 bits per heavy atom. The van der Waals surface area contributed by atoms with E-state index in [4.69, 9.17) is 47.4 Å². The molecule has 0 bridgehead atoms. The lowest BCUT2D eigenvalue weighted by atomic mass is 9.91. The molecule has 21 heteroatoms. The summed E-state index contributed by atoms with van der Waals surface area (Å²) in [6.45, 7) is 3.01. The number of fused-ring (bicyclic) bond motifs is 1. The molecule has 2 fully saturated rings. The third kappa shape index (κ3) is 14.0. The Morgan fingerprint density at radius 2 is 1.42 bits per heavy atom. The number of esters is 1. The van der Waals surface area contributed by atoms with Crippen molar-refractivity contribution in [3.05, 3.63) is 101 Å². The molecule has 418 valence electrons. The third-order valence-corrected chi connectivity index (χ3v) is 13.7. The molecule has 3 heterocycles. The minimum atomic E-state index is -1.09. The van der Waals surface area contributed by atoms with Gasteiger partial charge in [-0.1, -0.05) is 31.2 Å². The first kappa shape index (κ1) is 57.8. The van der Waals surface area contributed by atoms with Gasteiger partial charge in [-0.3, -0.25) is 39.0 Å². The lowest BCUT2D eigenvalue weighted by molar-refractivity contribution is -0.162. The van der Waals surface area contributed by atoms with Crippen molar-refractivity contribution in [3.63, 3.8) is 0 Å². The van der Waals surface area contributed by atoms with Crippen LogP contribution in [0.15, 0.2) is 72.8 Å². The van der Waals surface area contributed by atoms with E-state index in [2.05, 4.69) is 10.6 Å². The van der Waals surface area contributed by atoms with Crippen LogP contribution in [0, 0.1) is 0 Å². The molecule has 3 aliphatic rings. The van der Waals surface area contributed by atoms with Gasteiger partial charge in [0.1, 0.15) is 36.3 Å². The molecule has 0 aliphatic carbocycles. The average Bonchev–Trinajstić information content (AvgIpc) is 3.79. The van der Waals surface area contributed by atoms with E-state index in [1.165, 1.54) is 27.4 Å². The number of hydrogen-bond donors (Lipinski definition) is 2. The predicted molar refractivity (Wildman–Crippen MR) is 280 cm³/mol. The van der Waals surface area contributed by atoms with Crippen LogP contribution in [0.2, 0.25) is 0 Å². The number of benzene rings is 4. The van der Waals surface area contributed by atoms with Crippen molar-refractivity contribution >= 4 is 41.4 Å². The molecule has 0 radical (unpaired) electrons. The van der Waals surface area contributed by atoms with Gasteiger partial charge in [-0.2, -0.15) is 0 Å². The molecule has 78 heavy (non-hydrogen) atoms. The van der Waals surface area contributed by atoms with Gasteiger partial charge in [-0.25, -0.2) is 4.79 Å². The first-order valence-corrected chi connectivity index (χ1v) is 26.0. The van der Waals surface area contributed by atoms with Crippen LogP contribution in [0.3, 0.4) is 0 Å². The fraction of sp³-hybridized carbons (Fsp3) is 0.456. The van der Waals surface area contributed by atoms with Crippen LogP contribution in [0.1, 0.15) is 101 Å². The van der Waals surface area contributed by atoms with E-state index in [0.29, 0.717) is 77.9 Å². The van der Waals surface area contributed by atoms with Gasteiger partial charge in [-0.05, 0) is 110 Å². The number of ether oxygens (including phenoxy) is 10. The highest BCUT2D eigenvalue weighted by Gasteiger charge is 2.46. The second-order valence-corrected chi connectivity index (χ2v) is 18.5. The number of nitrogens with one attached hydrogen (secondary N) is 2. The summed E-state index contributed by atoms with van der Waals surface area (Å²) in [4.78, 5) is 94.8. The summed E-state index contributed by atoms with van der Waals surface area (Å²) < 4.78 is 57.0. The van der Waals surface area contributed by atoms with Gasteiger partial charge >= 0.3 is 5.97 Å². The van der Waals surface area contributed by atoms with Crippen molar-refractivity contribution < 1.29 is 80.9 Å². The number of rotatable bonds is 28. The van der Waals surface area contributed by atoms with E-state index in [9.17, 15) is 33.6 Å². The normalized spacial score (nSPS) is 16.8. The molecular formula is C57H68N4O17.